The van der Waals surface area contributed by atoms with E-state index in [-0.39, 0.29) is 6.61 Å². The number of ether oxygens (including phenoxy) is 4. The highest BCUT2D eigenvalue weighted by molar-refractivity contribution is 5.68. The maximum absolute atomic E-state index is 11.2. The molecule has 1 saturated heterocycles. The molecule has 21 heavy (non-hydrogen) atoms. The van der Waals surface area contributed by atoms with E-state index in [1.54, 1.807) is 0 Å². The number of nitrogens with one attached hydrogen (secondary N) is 1. The summed E-state index contributed by atoms with van der Waals surface area (Å²) in [5, 5.41) is 2.31. The van der Waals surface area contributed by atoms with Crippen LogP contribution in [0, 0.1) is 0 Å². The lowest BCUT2D eigenvalue weighted by Crippen LogP contribution is -2.61. The summed E-state index contributed by atoms with van der Waals surface area (Å²) in [5.74, 6) is -1.92. The molecule has 0 radical (unpaired) electrons. The topological polar surface area (TPSA) is 117 Å². The largest absolute Gasteiger partial charge is 0.456 e. The summed E-state index contributed by atoms with van der Waals surface area (Å²) in [7, 11) is 0. The van der Waals surface area contributed by atoms with Crippen LogP contribution in [0.25, 0.3) is 0 Å². The predicted octanol–water partition coefficient (Wildman–Crippen LogP) is -1.12. The van der Waals surface area contributed by atoms with Gasteiger partial charge in [0, 0.05) is 20.8 Å². The number of esters is 3. The van der Waals surface area contributed by atoms with Crippen LogP contribution in [0.2, 0.25) is 0 Å². The van der Waals surface area contributed by atoms with Gasteiger partial charge in [-0.3, -0.25) is 19.2 Å². The third-order valence-corrected chi connectivity index (χ3v) is 2.58. The van der Waals surface area contributed by atoms with E-state index in [2.05, 4.69) is 5.32 Å². The van der Waals surface area contributed by atoms with Crippen molar-refractivity contribution in [1.29, 1.82) is 0 Å². The van der Waals surface area contributed by atoms with Crippen molar-refractivity contribution in [3.63, 3.8) is 0 Å². The third kappa shape index (κ3) is 5.03. The molecule has 0 aliphatic carbocycles. The van der Waals surface area contributed by atoms with E-state index in [1.165, 1.54) is 6.92 Å². The molecular formula is C12H17NO8. The van der Waals surface area contributed by atoms with Gasteiger partial charge in [-0.05, 0) is 0 Å². The van der Waals surface area contributed by atoms with Crippen LogP contribution >= 0.6 is 0 Å². The molecule has 9 nitrogen and oxygen atoms in total. The van der Waals surface area contributed by atoms with Crippen molar-refractivity contribution >= 4 is 24.3 Å². The van der Waals surface area contributed by atoms with Gasteiger partial charge in [0.05, 0.1) is 6.61 Å². The molecule has 1 heterocycles. The minimum Gasteiger partial charge on any atom is -0.456 e. The molecule has 1 rings (SSSR count). The number of carbonyl (C=O) groups excluding carboxylic acids is 4. The lowest BCUT2D eigenvalue weighted by Gasteiger charge is -2.40. The zero-order valence-corrected chi connectivity index (χ0v) is 11.9. The summed E-state index contributed by atoms with van der Waals surface area (Å²) in [5.41, 5.74) is 0. The van der Waals surface area contributed by atoms with Gasteiger partial charge in [0.25, 0.3) is 0 Å². The lowest BCUT2D eigenvalue weighted by molar-refractivity contribution is -0.229. The first-order valence-corrected chi connectivity index (χ1v) is 6.18. The van der Waals surface area contributed by atoms with Crippen LogP contribution in [0.15, 0.2) is 0 Å². The quantitative estimate of drug-likeness (QED) is 0.386. The van der Waals surface area contributed by atoms with Gasteiger partial charge >= 0.3 is 17.9 Å². The van der Waals surface area contributed by atoms with Crippen LogP contribution in [0.4, 0.5) is 0 Å². The van der Waals surface area contributed by atoms with E-state index in [9.17, 15) is 19.2 Å². The van der Waals surface area contributed by atoms with Crippen LogP contribution in [0.1, 0.15) is 20.8 Å². The first-order chi connectivity index (χ1) is 9.85. The number of amides is 1. The van der Waals surface area contributed by atoms with E-state index in [4.69, 9.17) is 18.9 Å². The zero-order valence-electron chi connectivity index (χ0n) is 11.9. The fourth-order valence-electron chi connectivity index (χ4n) is 1.95. The Morgan fingerprint density at radius 3 is 2.00 bits per heavy atom. The molecule has 0 aromatic rings. The van der Waals surface area contributed by atoms with Gasteiger partial charge in [0.1, 0.15) is 0 Å². The Morgan fingerprint density at radius 2 is 1.52 bits per heavy atom. The van der Waals surface area contributed by atoms with E-state index in [0.717, 1.165) is 13.8 Å². The van der Waals surface area contributed by atoms with E-state index in [1.807, 2.05) is 0 Å². The first kappa shape index (κ1) is 16.9. The Hall–Kier alpha value is -2.16. The summed E-state index contributed by atoms with van der Waals surface area (Å²) in [6, 6.07) is 0. The minimum atomic E-state index is -1.13. The summed E-state index contributed by atoms with van der Waals surface area (Å²) in [6.45, 7) is 3.37. The van der Waals surface area contributed by atoms with Crippen molar-refractivity contribution in [3.05, 3.63) is 0 Å². The maximum Gasteiger partial charge on any atom is 0.303 e. The Balaban J connectivity index is 2.99. The molecule has 0 aromatic heterocycles. The molecule has 1 N–H and O–H groups in total. The van der Waals surface area contributed by atoms with Crippen molar-refractivity contribution in [2.45, 2.75) is 45.3 Å². The normalized spacial score (nSPS) is 28.1. The fraction of sp³-hybridized carbons (Fsp3) is 0.667. The monoisotopic (exact) mass is 303 g/mol. The molecule has 0 aromatic carbocycles. The number of hydrogen-bond donors (Lipinski definition) is 1. The SMILES string of the molecule is CC(=O)O[C@@H]1[C@@H](OC(C)=O)[C@H](OC(C)=O)CO[C@H]1NC=O. The van der Waals surface area contributed by atoms with Gasteiger partial charge < -0.3 is 24.3 Å². The molecule has 118 valence electrons. The Kier molecular flexibility index (Phi) is 6.10. The predicted molar refractivity (Wildman–Crippen MR) is 65.6 cm³/mol. The molecule has 0 unspecified atom stereocenters. The third-order valence-electron chi connectivity index (χ3n) is 2.58. The van der Waals surface area contributed by atoms with Gasteiger partial charge in [0.2, 0.25) is 6.41 Å². The standard InChI is InChI=1S/C12H17NO8/c1-6(15)19-9-4-18-12(13-5-14)11(21-8(3)17)10(9)20-7(2)16/h5,9-12H,4H2,1-3H3,(H,13,14)/t9-,10+,11-,12-/m1/s1. The Morgan fingerprint density at radius 1 is 1.00 bits per heavy atom. The summed E-state index contributed by atoms with van der Waals surface area (Å²) in [4.78, 5) is 44.0. The van der Waals surface area contributed by atoms with Crippen LogP contribution in [0.5, 0.6) is 0 Å². The van der Waals surface area contributed by atoms with E-state index >= 15 is 0 Å². The molecule has 0 saturated carbocycles. The fourth-order valence-corrected chi connectivity index (χ4v) is 1.95. The van der Waals surface area contributed by atoms with Crippen LogP contribution in [-0.2, 0) is 38.1 Å². The number of hydrogen-bond acceptors (Lipinski definition) is 8. The molecule has 0 spiro atoms. The summed E-state index contributed by atoms with van der Waals surface area (Å²) >= 11 is 0. The lowest BCUT2D eigenvalue weighted by atomic mass is 10.0. The molecule has 1 amide bonds. The van der Waals surface area contributed by atoms with E-state index in [0.29, 0.717) is 6.41 Å². The van der Waals surface area contributed by atoms with Crippen molar-refractivity contribution in [2.75, 3.05) is 6.61 Å². The highest BCUT2D eigenvalue weighted by atomic mass is 16.6. The van der Waals surface area contributed by atoms with Crippen LogP contribution < -0.4 is 5.32 Å². The van der Waals surface area contributed by atoms with Gasteiger partial charge in [-0.25, -0.2) is 0 Å². The summed E-state index contributed by atoms with van der Waals surface area (Å²) < 4.78 is 20.4. The number of carbonyl (C=O) groups is 4. The second-order valence-corrected chi connectivity index (χ2v) is 4.33. The molecule has 1 aliphatic heterocycles. The smallest absolute Gasteiger partial charge is 0.303 e. The Labute approximate surface area is 120 Å². The van der Waals surface area contributed by atoms with Gasteiger partial charge in [-0.15, -0.1) is 0 Å². The van der Waals surface area contributed by atoms with Crippen LogP contribution in [-0.4, -0.2) is 55.5 Å². The van der Waals surface area contributed by atoms with Gasteiger partial charge in [-0.2, -0.15) is 0 Å². The van der Waals surface area contributed by atoms with Gasteiger partial charge in [0.15, 0.2) is 24.5 Å². The summed E-state index contributed by atoms with van der Waals surface area (Å²) in [6.07, 6.45) is -3.81. The molecule has 1 aliphatic rings. The second-order valence-electron chi connectivity index (χ2n) is 4.33. The van der Waals surface area contributed by atoms with Crippen molar-refractivity contribution in [2.24, 2.45) is 0 Å². The van der Waals surface area contributed by atoms with Crippen molar-refractivity contribution < 1.29 is 38.1 Å². The average Bonchev–Trinajstić information content (AvgIpc) is 2.35. The second kappa shape index (κ2) is 7.58. The first-order valence-electron chi connectivity index (χ1n) is 6.18. The molecule has 0 bridgehead atoms. The molecule has 9 heteroatoms. The van der Waals surface area contributed by atoms with Gasteiger partial charge in [-0.1, -0.05) is 0 Å². The highest BCUT2D eigenvalue weighted by Gasteiger charge is 2.46. The molecular weight excluding hydrogens is 286 g/mol. The minimum absolute atomic E-state index is 0.124. The van der Waals surface area contributed by atoms with Crippen molar-refractivity contribution in [3.8, 4) is 0 Å². The van der Waals surface area contributed by atoms with Crippen LogP contribution in [0.3, 0.4) is 0 Å². The zero-order chi connectivity index (χ0) is 16.0. The average molecular weight is 303 g/mol. The van der Waals surface area contributed by atoms with E-state index < -0.39 is 42.4 Å². The molecule has 1 fully saturated rings. The Bertz CT molecular complexity index is 423. The maximum atomic E-state index is 11.2. The van der Waals surface area contributed by atoms with Crippen molar-refractivity contribution in [1.82, 2.24) is 5.32 Å². The molecule has 4 atom stereocenters. The number of rotatable bonds is 5. The highest BCUT2D eigenvalue weighted by Crippen LogP contribution is 2.23.